The fourth-order valence-corrected chi connectivity index (χ4v) is 1.30. The van der Waals surface area contributed by atoms with E-state index in [2.05, 4.69) is 5.92 Å². The number of hydrogen-bond donors (Lipinski definition) is 1. The van der Waals surface area contributed by atoms with Gasteiger partial charge in [-0.2, -0.15) is 0 Å². The molecular formula is C13H12O4. The lowest BCUT2D eigenvalue weighted by Crippen LogP contribution is -2.17. The third kappa shape index (κ3) is 3.35. The number of benzene rings is 1. The number of aromatic carboxylic acids is 1. The molecule has 1 aromatic carbocycles. The second-order valence-electron chi connectivity index (χ2n) is 3.47. The van der Waals surface area contributed by atoms with Gasteiger partial charge in [0.15, 0.2) is 0 Å². The Morgan fingerprint density at radius 1 is 1.41 bits per heavy atom. The van der Waals surface area contributed by atoms with Crippen LogP contribution in [0.5, 0.6) is 0 Å². The minimum Gasteiger partial charge on any atom is -0.478 e. The first-order valence-electron chi connectivity index (χ1n) is 5.03. The molecule has 88 valence electrons. The first kappa shape index (κ1) is 12.8. The van der Waals surface area contributed by atoms with Gasteiger partial charge in [0.2, 0.25) is 0 Å². The smallest absolute Gasteiger partial charge is 0.339 e. The van der Waals surface area contributed by atoms with Gasteiger partial charge >= 0.3 is 11.9 Å². The van der Waals surface area contributed by atoms with Crippen molar-refractivity contribution in [3.05, 3.63) is 35.4 Å². The zero-order valence-corrected chi connectivity index (χ0v) is 9.34. The van der Waals surface area contributed by atoms with Gasteiger partial charge < -0.3 is 9.84 Å². The molecule has 0 fully saturated rings. The highest BCUT2D eigenvalue weighted by Crippen LogP contribution is 2.12. The van der Waals surface area contributed by atoms with Gasteiger partial charge in [0, 0.05) is 6.42 Å². The van der Waals surface area contributed by atoms with E-state index in [1.165, 1.54) is 12.1 Å². The summed E-state index contributed by atoms with van der Waals surface area (Å²) >= 11 is 0. The minimum absolute atomic E-state index is 0.0314. The summed E-state index contributed by atoms with van der Waals surface area (Å²) in [5, 5.41) is 8.91. The van der Waals surface area contributed by atoms with Crippen LogP contribution in [0.4, 0.5) is 0 Å². The van der Waals surface area contributed by atoms with Gasteiger partial charge in [0.1, 0.15) is 6.10 Å². The maximum atomic E-state index is 11.7. The Labute approximate surface area is 99.2 Å². The highest BCUT2D eigenvalue weighted by Gasteiger charge is 2.18. The van der Waals surface area contributed by atoms with Crippen LogP contribution in [0.3, 0.4) is 0 Å². The van der Waals surface area contributed by atoms with Crippen molar-refractivity contribution >= 4 is 11.9 Å². The van der Waals surface area contributed by atoms with Gasteiger partial charge in [0.05, 0.1) is 11.1 Å². The molecule has 1 rings (SSSR count). The van der Waals surface area contributed by atoms with E-state index in [9.17, 15) is 9.59 Å². The molecular weight excluding hydrogens is 220 g/mol. The van der Waals surface area contributed by atoms with Crippen molar-refractivity contribution in [3.8, 4) is 12.3 Å². The molecule has 0 aromatic heterocycles. The Morgan fingerprint density at radius 2 is 2.00 bits per heavy atom. The summed E-state index contributed by atoms with van der Waals surface area (Å²) in [5.41, 5.74) is -0.0470. The highest BCUT2D eigenvalue weighted by molar-refractivity contribution is 6.02. The largest absolute Gasteiger partial charge is 0.478 e. The monoisotopic (exact) mass is 232 g/mol. The second-order valence-corrected chi connectivity index (χ2v) is 3.47. The quantitative estimate of drug-likeness (QED) is 0.636. The van der Waals surface area contributed by atoms with Crippen LogP contribution in [-0.4, -0.2) is 23.1 Å². The summed E-state index contributed by atoms with van der Waals surface area (Å²) in [6.07, 6.45) is 4.94. The molecule has 0 saturated carbocycles. The van der Waals surface area contributed by atoms with E-state index in [-0.39, 0.29) is 11.1 Å². The van der Waals surface area contributed by atoms with Gasteiger partial charge in [-0.1, -0.05) is 12.1 Å². The molecule has 1 N–H and O–H groups in total. The van der Waals surface area contributed by atoms with Crippen LogP contribution in [0.2, 0.25) is 0 Å². The molecule has 0 radical (unpaired) electrons. The van der Waals surface area contributed by atoms with E-state index in [1.807, 2.05) is 0 Å². The van der Waals surface area contributed by atoms with Crippen molar-refractivity contribution in [2.24, 2.45) is 0 Å². The third-order valence-corrected chi connectivity index (χ3v) is 2.09. The van der Waals surface area contributed by atoms with E-state index in [0.29, 0.717) is 6.42 Å². The first-order valence-corrected chi connectivity index (χ1v) is 5.03. The van der Waals surface area contributed by atoms with Gasteiger partial charge in [-0.25, -0.2) is 9.59 Å². The molecule has 4 nitrogen and oxygen atoms in total. The summed E-state index contributed by atoms with van der Waals surface area (Å²) in [6.45, 7) is 1.65. The number of esters is 1. The average Bonchev–Trinajstić information content (AvgIpc) is 2.29. The molecule has 0 aliphatic heterocycles. The Kier molecular flexibility index (Phi) is 4.29. The van der Waals surface area contributed by atoms with Crippen molar-refractivity contribution in [1.82, 2.24) is 0 Å². The molecule has 0 spiro atoms. The molecule has 0 heterocycles. The number of rotatable bonds is 4. The lowest BCUT2D eigenvalue weighted by Gasteiger charge is -2.11. The van der Waals surface area contributed by atoms with Crippen molar-refractivity contribution in [1.29, 1.82) is 0 Å². The van der Waals surface area contributed by atoms with E-state index >= 15 is 0 Å². The Hall–Kier alpha value is -2.28. The molecule has 1 unspecified atom stereocenters. The predicted octanol–water partition coefficient (Wildman–Crippen LogP) is 1.95. The Balaban J connectivity index is 2.90. The molecule has 17 heavy (non-hydrogen) atoms. The predicted molar refractivity (Wildman–Crippen MR) is 61.7 cm³/mol. The molecule has 4 heteroatoms. The third-order valence-electron chi connectivity index (χ3n) is 2.09. The molecule has 0 aliphatic carbocycles. The van der Waals surface area contributed by atoms with Gasteiger partial charge in [-0.15, -0.1) is 12.3 Å². The number of ether oxygens (including phenoxy) is 1. The van der Waals surface area contributed by atoms with Crippen LogP contribution in [0.1, 0.15) is 34.1 Å². The van der Waals surface area contributed by atoms with Crippen LogP contribution in [-0.2, 0) is 4.74 Å². The van der Waals surface area contributed by atoms with Crippen LogP contribution < -0.4 is 0 Å². The standard InChI is InChI=1S/C13H12O4/c1-3-6-9(2)17-13(16)11-8-5-4-7-10(11)12(14)15/h1,4-5,7-9H,6H2,2H3,(H,14,15). The SMILES string of the molecule is C#CCC(C)OC(=O)c1ccccc1C(=O)O. The number of carbonyl (C=O) groups is 2. The first-order chi connectivity index (χ1) is 8.06. The Bertz CT molecular complexity index is 471. The van der Waals surface area contributed by atoms with E-state index < -0.39 is 18.0 Å². The lowest BCUT2D eigenvalue weighted by atomic mass is 10.1. The van der Waals surface area contributed by atoms with Gasteiger partial charge in [-0.05, 0) is 19.1 Å². The average molecular weight is 232 g/mol. The summed E-state index contributed by atoms with van der Waals surface area (Å²) in [6, 6.07) is 5.89. The summed E-state index contributed by atoms with van der Waals surface area (Å²) in [7, 11) is 0. The van der Waals surface area contributed by atoms with E-state index in [0.717, 1.165) is 0 Å². The lowest BCUT2D eigenvalue weighted by molar-refractivity contribution is 0.0345. The molecule has 1 aromatic rings. The number of carboxylic acids is 1. The molecule has 0 amide bonds. The maximum Gasteiger partial charge on any atom is 0.339 e. The number of carboxylic acid groups (broad SMARTS) is 1. The number of hydrogen-bond acceptors (Lipinski definition) is 3. The van der Waals surface area contributed by atoms with Crippen molar-refractivity contribution in [2.45, 2.75) is 19.4 Å². The van der Waals surface area contributed by atoms with Crippen molar-refractivity contribution < 1.29 is 19.4 Å². The summed E-state index contributed by atoms with van der Waals surface area (Å²) < 4.78 is 5.02. The van der Waals surface area contributed by atoms with Crippen LogP contribution >= 0.6 is 0 Å². The summed E-state index contributed by atoms with van der Waals surface area (Å²) in [5.74, 6) is 0.528. The normalized spacial score (nSPS) is 11.3. The fourth-order valence-electron chi connectivity index (χ4n) is 1.30. The number of carbonyl (C=O) groups excluding carboxylic acids is 1. The van der Waals surface area contributed by atoms with E-state index in [1.54, 1.807) is 19.1 Å². The highest BCUT2D eigenvalue weighted by atomic mass is 16.5. The molecule has 0 bridgehead atoms. The van der Waals surface area contributed by atoms with Crippen molar-refractivity contribution in [3.63, 3.8) is 0 Å². The van der Waals surface area contributed by atoms with E-state index in [4.69, 9.17) is 16.3 Å². The van der Waals surface area contributed by atoms with Crippen LogP contribution in [0.25, 0.3) is 0 Å². The second kappa shape index (κ2) is 5.71. The molecule has 0 saturated heterocycles. The fraction of sp³-hybridized carbons (Fsp3) is 0.231. The topological polar surface area (TPSA) is 63.6 Å². The molecule has 1 atom stereocenters. The molecule has 0 aliphatic rings. The van der Waals surface area contributed by atoms with Crippen LogP contribution in [0.15, 0.2) is 24.3 Å². The Morgan fingerprint density at radius 3 is 2.53 bits per heavy atom. The van der Waals surface area contributed by atoms with Crippen LogP contribution in [0, 0.1) is 12.3 Å². The van der Waals surface area contributed by atoms with Gasteiger partial charge in [0.25, 0.3) is 0 Å². The number of terminal acetylenes is 1. The van der Waals surface area contributed by atoms with Crippen molar-refractivity contribution in [2.75, 3.05) is 0 Å². The zero-order chi connectivity index (χ0) is 12.8. The zero-order valence-electron chi connectivity index (χ0n) is 9.34. The summed E-state index contributed by atoms with van der Waals surface area (Å²) in [4.78, 5) is 22.6. The maximum absolute atomic E-state index is 11.7. The minimum atomic E-state index is -1.16. The van der Waals surface area contributed by atoms with Gasteiger partial charge in [-0.3, -0.25) is 0 Å².